The monoisotopic (exact) mass is 263 g/mol. The van der Waals surface area contributed by atoms with Crippen LogP contribution in [0.25, 0.3) is 6.08 Å². The number of nitrogens with one attached hydrogen (secondary N) is 1. The summed E-state index contributed by atoms with van der Waals surface area (Å²) in [4.78, 5) is 11.8. The molecule has 1 saturated carbocycles. The van der Waals surface area contributed by atoms with Crippen LogP contribution in [0.15, 0.2) is 18.3 Å². The Bertz CT molecular complexity index is 459. The quantitative estimate of drug-likeness (QED) is 0.782. The van der Waals surface area contributed by atoms with Gasteiger partial charge in [0.1, 0.15) is 0 Å². The predicted octanol–water partition coefficient (Wildman–Crippen LogP) is 1.10. The number of nitrogens with zero attached hydrogens (tertiary/aromatic N) is 2. The third-order valence-corrected chi connectivity index (χ3v) is 3.90. The molecule has 1 aliphatic carbocycles. The Morgan fingerprint density at radius 1 is 1.58 bits per heavy atom. The molecule has 19 heavy (non-hydrogen) atoms. The van der Waals surface area contributed by atoms with Crippen molar-refractivity contribution in [1.82, 2.24) is 15.1 Å². The first-order valence-electron chi connectivity index (χ1n) is 6.70. The number of aliphatic hydroxyl groups excluding tert-OH is 1. The van der Waals surface area contributed by atoms with Crippen molar-refractivity contribution in [3.05, 3.63) is 24.0 Å². The van der Waals surface area contributed by atoms with E-state index in [0.717, 1.165) is 31.4 Å². The van der Waals surface area contributed by atoms with E-state index in [4.69, 9.17) is 0 Å². The zero-order valence-corrected chi connectivity index (χ0v) is 11.3. The Morgan fingerprint density at radius 3 is 2.89 bits per heavy atom. The lowest BCUT2D eigenvalue weighted by Crippen LogP contribution is -2.37. The third-order valence-electron chi connectivity index (χ3n) is 3.90. The maximum absolute atomic E-state index is 11.8. The van der Waals surface area contributed by atoms with Crippen LogP contribution in [0.4, 0.5) is 0 Å². The molecule has 1 aromatic rings. The Labute approximate surface area is 113 Å². The van der Waals surface area contributed by atoms with Crippen LogP contribution < -0.4 is 5.32 Å². The zero-order valence-electron chi connectivity index (χ0n) is 11.3. The lowest BCUT2D eigenvalue weighted by atomic mass is 9.87. The predicted molar refractivity (Wildman–Crippen MR) is 73.2 cm³/mol. The number of carbonyl (C=O) groups excluding carboxylic acids is 1. The second-order valence-corrected chi connectivity index (χ2v) is 5.30. The standard InChI is InChI=1S/C14H21N3O2/c1-17-12(6-9-16-17)4-5-13(19)15-10-14(11-18)7-2-3-8-14/h4-6,9,18H,2-3,7-8,10-11H2,1H3,(H,15,19)/b5-4+. The molecule has 0 unspecified atom stereocenters. The van der Waals surface area contributed by atoms with Gasteiger partial charge < -0.3 is 10.4 Å². The topological polar surface area (TPSA) is 67.2 Å². The van der Waals surface area contributed by atoms with Gasteiger partial charge in [-0.15, -0.1) is 0 Å². The van der Waals surface area contributed by atoms with Crippen molar-refractivity contribution in [3.63, 3.8) is 0 Å². The smallest absolute Gasteiger partial charge is 0.244 e. The van der Waals surface area contributed by atoms with Crippen molar-refractivity contribution in [3.8, 4) is 0 Å². The lowest BCUT2D eigenvalue weighted by Gasteiger charge is -2.26. The molecule has 0 saturated heterocycles. The van der Waals surface area contributed by atoms with Gasteiger partial charge in [-0.3, -0.25) is 9.48 Å². The molecular formula is C14H21N3O2. The second kappa shape index (κ2) is 6.02. The molecule has 0 radical (unpaired) electrons. The summed E-state index contributed by atoms with van der Waals surface area (Å²) in [7, 11) is 1.83. The number of amides is 1. The molecule has 1 heterocycles. The molecule has 1 amide bonds. The van der Waals surface area contributed by atoms with Crippen LogP contribution >= 0.6 is 0 Å². The van der Waals surface area contributed by atoms with Crippen LogP contribution in [0.5, 0.6) is 0 Å². The largest absolute Gasteiger partial charge is 0.396 e. The van der Waals surface area contributed by atoms with Crippen LogP contribution in [0.2, 0.25) is 0 Å². The van der Waals surface area contributed by atoms with E-state index in [-0.39, 0.29) is 17.9 Å². The van der Waals surface area contributed by atoms with Crippen LogP contribution in [-0.4, -0.2) is 33.9 Å². The highest BCUT2D eigenvalue weighted by Gasteiger charge is 2.33. The van der Waals surface area contributed by atoms with Gasteiger partial charge in [0.05, 0.1) is 12.3 Å². The molecule has 0 atom stereocenters. The van der Waals surface area contributed by atoms with Gasteiger partial charge in [0.2, 0.25) is 5.91 Å². The van der Waals surface area contributed by atoms with E-state index in [0.29, 0.717) is 6.54 Å². The van der Waals surface area contributed by atoms with Gasteiger partial charge in [-0.1, -0.05) is 12.8 Å². The zero-order chi connectivity index (χ0) is 13.7. The number of hydrogen-bond acceptors (Lipinski definition) is 3. The summed E-state index contributed by atoms with van der Waals surface area (Å²) in [6.45, 7) is 0.705. The van der Waals surface area contributed by atoms with Crippen LogP contribution in [0.1, 0.15) is 31.4 Å². The number of aliphatic hydroxyl groups is 1. The summed E-state index contributed by atoms with van der Waals surface area (Å²) >= 11 is 0. The van der Waals surface area contributed by atoms with E-state index >= 15 is 0 Å². The first-order chi connectivity index (χ1) is 9.15. The minimum absolute atomic E-state index is 0.101. The summed E-state index contributed by atoms with van der Waals surface area (Å²) in [5.74, 6) is -0.124. The van der Waals surface area contributed by atoms with Crippen LogP contribution in [-0.2, 0) is 11.8 Å². The van der Waals surface area contributed by atoms with E-state index in [2.05, 4.69) is 10.4 Å². The fourth-order valence-electron chi connectivity index (χ4n) is 2.56. The fourth-order valence-corrected chi connectivity index (χ4v) is 2.56. The van der Waals surface area contributed by atoms with Gasteiger partial charge in [0.25, 0.3) is 0 Å². The number of carbonyl (C=O) groups is 1. The molecule has 104 valence electrons. The second-order valence-electron chi connectivity index (χ2n) is 5.30. The van der Waals surface area contributed by atoms with Crippen molar-refractivity contribution < 1.29 is 9.90 Å². The van der Waals surface area contributed by atoms with E-state index in [9.17, 15) is 9.90 Å². The van der Waals surface area contributed by atoms with Gasteiger partial charge in [0.15, 0.2) is 0 Å². The maximum atomic E-state index is 11.8. The Morgan fingerprint density at radius 2 is 2.32 bits per heavy atom. The van der Waals surface area contributed by atoms with Crippen LogP contribution in [0, 0.1) is 5.41 Å². The summed E-state index contributed by atoms with van der Waals surface area (Å²) in [5, 5.41) is 16.4. The molecular weight excluding hydrogens is 242 g/mol. The first-order valence-corrected chi connectivity index (χ1v) is 6.70. The van der Waals surface area contributed by atoms with Crippen molar-refractivity contribution in [2.45, 2.75) is 25.7 Å². The van der Waals surface area contributed by atoms with Gasteiger partial charge in [-0.25, -0.2) is 0 Å². The molecule has 0 spiro atoms. The molecule has 5 nitrogen and oxygen atoms in total. The van der Waals surface area contributed by atoms with Gasteiger partial charge in [-0.05, 0) is 25.0 Å². The Hall–Kier alpha value is -1.62. The highest BCUT2D eigenvalue weighted by atomic mass is 16.3. The van der Waals surface area contributed by atoms with Crippen molar-refractivity contribution >= 4 is 12.0 Å². The van der Waals surface area contributed by atoms with Crippen molar-refractivity contribution in [1.29, 1.82) is 0 Å². The van der Waals surface area contributed by atoms with E-state index in [1.54, 1.807) is 17.0 Å². The van der Waals surface area contributed by atoms with Gasteiger partial charge >= 0.3 is 0 Å². The molecule has 0 aliphatic heterocycles. The number of aryl methyl sites for hydroxylation is 1. The van der Waals surface area contributed by atoms with E-state index in [1.165, 1.54) is 6.08 Å². The summed E-state index contributed by atoms with van der Waals surface area (Å²) < 4.78 is 1.70. The summed E-state index contributed by atoms with van der Waals surface area (Å²) in [6, 6.07) is 1.84. The van der Waals surface area contributed by atoms with Gasteiger partial charge in [-0.2, -0.15) is 5.10 Å². The minimum Gasteiger partial charge on any atom is -0.396 e. The molecule has 5 heteroatoms. The first kappa shape index (κ1) is 13.8. The fraction of sp³-hybridized carbons (Fsp3) is 0.571. The molecule has 2 N–H and O–H groups in total. The van der Waals surface area contributed by atoms with Crippen LogP contribution in [0.3, 0.4) is 0 Å². The SMILES string of the molecule is Cn1nccc1/C=C/C(=O)NCC1(CO)CCCC1. The Kier molecular flexibility index (Phi) is 4.37. The summed E-state index contributed by atoms with van der Waals surface area (Å²) in [6.07, 6.45) is 9.21. The number of aromatic nitrogens is 2. The number of rotatable bonds is 5. The average molecular weight is 263 g/mol. The molecule has 0 bridgehead atoms. The minimum atomic E-state index is -0.124. The molecule has 2 rings (SSSR count). The van der Waals surface area contributed by atoms with Gasteiger partial charge in [0, 0.05) is 31.3 Å². The third kappa shape index (κ3) is 3.44. The normalized spacial score (nSPS) is 18.0. The average Bonchev–Trinajstić information content (AvgIpc) is 3.04. The van der Waals surface area contributed by atoms with E-state index < -0.39 is 0 Å². The molecule has 0 aromatic carbocycles. The van der Waals surface area contributed by atoms with Crippen molar-refractivity contribution in [2.24, 2.45) is 12.5 Å². The van der Waals surface area contributed by atoms with Crippen molar-refractivity contribution in [2.75, 3.05) is 13.2 Å². The summed E-state index contributed by atoms with van der Waals surface area (Å²) in [5.41, 5.74) is 0.781. The lowest BCUT2D eigenvalue weighted by molar-refractivity contribution is -0.117. The molecule has 1 fully saturated rings. The highest BCUT2D eigenvalue weighted by molar-refractivity contribution is 5.91. The molecule has 1 aliphatic rings. The number of hydrogen-bond donors (Lipinski definition) is 2. The maximum Gasteiger partial charge on any atom is 0.244 e. The highest BCUT2D eigenvalue weighted by Crippen LogP contribution is 2.36. The Balaban J connectivity index is 1.85. The molecule has 1 aromatic heterocycles. The van der Waals surface area contributed by atoms with E-state index in [1.807, 2.05) is 13.1 Å².